The van der Waals surface area contributed by atoms with E-state index in [0.29, 0.717) is 5.69 Å². The molecule has 3 amide bonds. The molecule has 2 aromatic carbocycles. The lowest BCUT2D eigenvalue weighted by Gasteiger charge is -2.36. The fraction of sp³-hybridized carbons (Fsp3) is 0.375. The minimum absolute atomic E-state index is 0.0847. The van der Waals surface area contributed by atoms with E-state index in [0.717, 1.165) is 41.8 Å². The number of nitrogens with one attached hydrogen (secondary N) is 1. The lowest BCUT2D eigenvalue weighted by molar-refractivity contribution is -0.135. The van der Waals surface area contributed by atoms with Gasteiger partial charge in [-0.1, -0.05) is 30.3 Å². The Balaban J connectivity index is 1.57. The van der Waals surface area contributed by atoms with Crippen LogP contribution in [-0.2, 0) is 19.9 Å². The number of rotatable bonds is 1. The summed E-state index contributed by atoms with van der Waals surface area (Å²) < 4.78 is 0. The zero-order valence-corrected chi connectivity index (χ0v) is 17.0. The van der Waals surface area contributed by atoms with Gasteiger partial charge in [-0.25, -0.2) is 4.90 Å². The van der Waals surface area contributed by atoms with E-state index in [9.17, 15) is 14.4 Å². The molecule has 6 nitrogen and oxygen atoms in total. The smallest absolute Gasteiger partial charge is 0.250 e. The molecule has 6 rings (SSSR count). The molecule has 0 radical (unpaired) electrons. The summed E-state index contributed by atoms with van der Waals surface area (Å²) in [6.07, 6.45) is 1.76. The van der Waals surface area contributed by atoms with Crippen molar-refractivity contribution in [3.05, 3.63) is 59.2 Å². The van der Waals surface area contributed by atoms with Gasteiger partial charge >= 0.3 is 0 Å². The van der Waals surface area contributed by atoms with Crippen molar-refractivity contribution in [1.82, 2.24) is 4.90 Å². The maximum Gasteiger partial charge on any atom is 0.250 e. The van der Waals surface area contributed by atoms with Crippen LogP contribution in [0, 0.1) is 25.7 Å². The SMILES string of the molecule is Cc1cccc(N2C(=O)[C@H]3[C@H]4CCCN4[C@@]4(C(=O)Nc5ccccc54)[C@@H]3C2=O)c1C. The van der Waals surface area contributed by atoms with Gasteiger partial charge in [-0.05, 0) is 56.5 Å². The zero-order valence-electron chi connectivity index (χ0n) is 17.0. The number of benzene rings is 2. The fourth-order valence-electron chi connectivity index (χ4n) is 6.37. The van der Waals surface area contributed by atoms with Crippen molar-refractivity contribution in [2.24, 2.45) is 11.8 Å². The quantitative estimate of drug-likeness (QED) is 0.746. The van der Waals surface area contributed by atoms with Crippen LogP contribution >= 0.6 is 0 Å². The first-order valence-electron chi connectivity index (χ1n) is 10.6. The number of carbonyl (C=O) groups excluding carboxylic acids is 3. The molecule has 3 saturated heterocycles. The molecule has 30 heavy (non-hydrogen) atoms. The summed E-state index contributed by atoms with van der Waals surface area (Å²) in [6, 6.07) is 13.2. The number of hydrogen-bond donors (Lipinski definition) is 1. The first kappa shape index (κ1) is 17.8. The minimum Gasteiger partial charge on any atom is -0.324 e. The molecule has 0 saturated carbocycles. The van der Waals surface area contributed by atoms with E-state index in [1.165, 1.54) is 4.90 Å². The Hall–Kier alpha value is -2.99. The van der Waals surface area contributed by atoms with Gasteiger partial charge in [0.2, 0.25) is 17.7 Å². The zero-order chi connectivity index (χ0) is 20.8. The third-order valence-corrected chi connectivity index (χ3v) is 7.72. The average molecular weight is 401 g/mol. The second kappa shape index (κ2) is 5.79. The molecule has 1 N–H and O–H groups in total. The highest BCUT2D eigenvalue weighted by molar-refractivity contribution is 6.26. The maximum atomic E-state index is 13.9. The largest absolute Gasteiger partial charge is 0.324 e. The Labute approximate surface area is 174 Å². The molecule has 4 aliphatic heterocycles. The van der Waals surface area contributed by atoms with Crippen LogP contribution in [0.25, 0.3) is 0 Å². The van der Waals surface area contributed by atoms with E-state index in [-0.39, 0.29) is 23.8 Å². The molecule has 4 atom stereocenters. The van der Waals surface area contributed by atoms with Crippen molar-refractivity contribution in [3.63, 3.8) is 0 Å². The highest BCUT2D eigenvalue weighted by atomic mass is 16.2. The fourth-order valence-corrected chi connectivity index (χ4v) is 6.37. The van der Waals surface area contributed by atoms with Crippen molar-refractivity contribution in [3.8, 4) is 0 Å². The van der Waals surface area contributed by atoms with E-state index in [1.807, 2.05) is 56.3 Å². The second-order valence-electron chi connectivity index (χ2n) is 8.90. The monoisotopic (exact) mass is 401 g/mol. The van der Waals surface area contributed by atoms with Crippen molar-refractivity contribution in [1.29, 1.82) is 0 Å². The minimum atomic E-state index is -1.10. The van der Waals surface area contributed by atoms with Crippen molar-refractivity contribution < 1.29 is 14.4 Å². The van der Waals surface area contributed by atoms with Crippen LogP contribution < -0.4 is 10.2 Å². The molecule has 3 fully saturated rings. The summed E-state index contributed by atoms with van der Waals surface area (Å²) in [4.78, 5) is 44.7. The molecular formula is C24H23N3O3. The molecule has 0 bridgehead atoms. The first-order chi connectivity index (χ1) is 14.5. The summed E-state index contributed by atoms with van der Waals surface area (Å²) in [5, 5.41) is 3.00. The van der Waals surface area contributed by atoms with Crippen LogP contribution in [0.2, 0.25) is 0 Å². The molecule has 4 heterocycles. The van der Waals surface area contributed by atoms with Gasteiger partial charge in [0.25, 0.3) is 0 Å². The first-order valence-corrected chi connectivity index (χ1v) is 10.6. The standard InChI is InChI=1S/C24H23N3O3/c1-13-7-5-10-17(14(13)2)27-21(28)19-18-11-6-12-26(18)24(20(19)22(27)29)15-8-3-4-9-16(15)25-23(24)30/h3-5,7-10,18-20H,6,11-12H2,1-2H3,(H,25,30)/t18-,19+,20+,24-/m1/s1. The van der Waals surface area contributed by atoms with E-state index >= 15 is 0 Å². The van der Waals surface area contributed by atoms with E-state index in [2.05, 4.69) is 10.2 Å². The Kier molecular flexibility index (Phi) is 3.44. The normalized spacial score (nSPS) is 32.0. The predicted octanol–water partition coefficient (Wildman–Crippen LogP) is 2.73. The van der Waals surface area contributed by atoms with Crippen molar-refractivity contribution in [2.45, 2.75) is 38.3 Å². The summed E-state index contributed by atoms with van der Waals surface area (Å²) in [5.41, 5.74) is 3.09. The Morgan fingerprint density at radius 3 is 2.63 bits per heavy atom. The summed E-state index contributed by atoms with van der Waals surface area (Å²) in [6.45, 7) is 4.64. The van der Waals surface area contributed by atoms with Crippen LogP contribution in [0.5, 0.6) is 0 Å². The third-order valence-electron chi connectivity index (χ3n) is 7.72. The van der Waals surface area contributed by atoms with Gasteiger partial charge in [0.05, 0.1) is 17.5 Å². The van der Waals surface area contributed by atoms with Crippen molar-refractivity contribution >= 4 is 29.1 Å². The predicted molar refractivity (Wildman–Crippen MR) is 112 cm³/mol. The van der Waals surface area contributed by atoms with Gasteiger partial charge in [-0.15, -0.1) is 0 Å². The molecule has 2 aromatic rings. The number of imide groups is 1. The highest BCUT2D eigenvalue weighted by Crippen LogP contribution is 2.60. The topological polar surface area (TPSA) is 69.7 Å². The Bertz CT molecular complexity index is 1140. The molecule has 152 valence electrons. The average Bonchev–Trinajstić information content (AvgIpc) is 3.43. The van der Waals surface area contributed by atoms with E-state index < -0.39 is 17.4 Å². The molecule has 0 aliphatic carbocycles. The number of anilines is 2. The highest BCUT2D eigenvalue weighted by Gasteiger charge is 2.74. The van der Waals surface area contributed by atoms with E-state index in [4.69, 9.17) is 0 Å². The van der Waals surface area contributed by atoms with Crippen LogP contribution in [0.1, 0.15) is 29.5 Å². The van der Waals surface area contributed by atoms with Crippen LogP contribution in [-0.4, -0.2) is 35.2 Å². The number of amides is 3. The number of carbonyl (C=O) groups is 3. The lowest BCUT2D eigenvalue weighted by Crippen LogP contribution is -2.54. The number of aryl methyl sites for hydroxylation is 1. The summed E-state index contributed by atoms with van der Waals surface area (Å²) in [7, 11) is 0. The molecule has 6 heteroatoms. The van der Waals surface area contributed by atoms with E-state index in [1.54, 1.807) is 0 Å². The molecule has 0 unspecified atom stereocenters. The lowest BCUT2D eigenvalue weighted by atomic mass is 9.75. The third kappa shape index (κ3) is 1.86. The van der Waals surface area contributed by atoms with Gasteiger partial charge in [0.1, 0.15) is 5.54 Å². The molecular weight excluding hydrogens is 378 g/mol. The van der Waals surface area contributed by atoms with Crippen LogP contribution in [0.3, 0.4) is 0 Å². The number of nitrogens with zero attached hydrogens (tertiary/aromatic N) is 2. The second-order valence-corrected chi connectivity index (χ2v) is 8.90. The van der Waals surface area contributed by atoms with Gasteiger partial charge in [0, 0.05) is 17.3 Å². The molecule has 0 aromatic heterocycles. The van der Waals surface area contributed by atoms with Gasteiger partial charge < -0.3 is 5.32 Å². The molecule has 1 spiro atoms. The molecule has 4 aliphatic rings. The number of para-hydroxylation sites is 1. The Morgan fingerprint density at radius 2 is 1.80 bits per heavy atom. The van der Waals surface area contributed by atoms with Gasteiger partial charge in [-0.3, -0.25) is 19.3 Å². The number of fused-ring (bicyclic) bond motifs is 7. The van der Waals surface area contributed by atoms with Crippen LogP contribution in [0.15, 0.2) is 42.5 Å². The summed E-state index contributed by atoms with van der Waals surface area (Å²) >= 11 is 0. The maximum absolute atomic E-state index is 13.9. The summed E-state index contributed by atoms with van der Waals surface area (Å²) in [5.74, 6) is -1.77. The van der Waals surface area contributed by atoms with Gasteiger partial charge in [-0.2, -0.15) is 0 Å². The van der Waals surface area contributed by atoms with Crippen LogP contribution in [0.4, 0.5) is 11.4 Å². The van der Waals surface area contributed by atoms with Crippen molar-refractivity contribution in [2.75, 3.05) is 16.8 Å². The number of hydrogen-bond acceptors (Lipinski definition) is 4. The van der Waals surface area contributed by atoms with Gasteiger partial charge in [0.15, 0.2) is 0 Å². The Morgan fingerprint density at radius 1 is 1.00 bits per heavy atom.